The Bertz CT molecular complexity index is 569. The normalized spacial score (nSPS) is 15.2. The fourth-order valence-electron chi connectivity index (χ4n) is 2.98. The Morgan fingerprint density at radius 1 is 1.21 bits per heavy atom. The number of para-hydroxylation sites is 1. The van der Waals surface area contributed by atoms with E-state index in [1.54, 1.807) is 7.11 Å². The predicted molar refractivity (Wildman–Crippen MR) is 125 cm³/mol. The number of aliphatic imine (C=N–C) groups is 1. The molecule has 1 aliphatic rings. The molecule has 0 spiro atoms. The van der Waals surface area contributed by atoms with Crippen LogP contribution in [0.1, 0.15) is 26.2 Å². The number of methoxy groups -OCH3 is 1. The van der Waals surface area contributed by atoms with Gasteiger partial charge in [-0.05, 0) is 38.3 Å². The number of nitrogens with one attached hydrogen (secondary N) is 1. The Hall–Kier alpha value is -0.770. The smallest absolute Gasteiger partial charge is 0.194 e. The van der Waals surface area contributed by atoms with Gasteiger partial charge in [0.2, 0.25) is 0 Å². The monoisotopic (exact) mass is 525 g/mol. The first-order valence-corrected chi connectivity index (χ1v) is 10.1. The Balaban J connectivity index is 0.00000392. The van der Waals surface area contributed by atoms with Crippen LogP contribution in [0.15, 0.2) is 29.3 Å². The summed E-state index contributed by atoms with van der Waals surface area (Å²) in [5, 5.41) is 4.00. The Morgan fingerprint density at radius 2 is 1.96 bits per heavy atom. The maximum atomic E-state index is 6.10. The van der Waals surface area contributed by atoms with Gasteiger partial charge in [-0.15, -0.1) is 24.0 Å². The summed E-state index contributed by atoms with van der Waals surface area (Å²) in [6.07, 6.45) is 3.33. The molecule has 1 N–H and O–H groups in total. The first-order chi connectivity index (χ1) is 13.2. The number of nitrogens with zero attached hydrogens (tertiary/aromatic N) is 2. The molecule has 1 aromatic rings. The van der Waals surface area contributed by atoms with Crippen LogP contribution >= 0.6 is 35.6 Å². The van der Waals surface area contributed by atoms with Gasteiger partial charge in [-0.3, -0.25) is 0 Å². The molecule has 1 aromatic carbocycles. The van der Waals surface area contributed by atoms with Gasteiger partial charge in [0.15, 0.2) is 5.96 Å². The van der Waals surface area contributed by atoms with Crippen LogP contribution in [-0.4, -0.2) is 70.1 Å². The number of ether oxygens (including phenoxy) is 3. The van der Waals surface area contributed by atoms with Crippen LogP contribution in [-0.2, 0) is 9.47 Å². The zero-order valence-corrected chi connectivity index (χ0v) is 19.9. The zero-order valence-electron chi connectivity index (χ0n) is 16.9. The van der Waals surface area contributed by atoms with Crippen LogP contribution in [0.25, 0.3) is 0 Å². The van der Waals surface area contributed by atoms with Gasteiger partial charge in [0, 0.05) is 40.0 Å². The van der Waals surface area contributed by atoms with Crippen LogP contribution in [0.3, 0.4) is 0 Å². The number of benzene rings is 1. The number of guanidine groups is 1. The molecule has 0 radical (unpaired) electrons. The van der Waals surface area contributed by atoms with Gasteiger partial charge in [-0.25, -0.2) is 4.99 Å². The van der Waals surface area contributed by atoms with E-state index >= 15 is 0 Å². The highest BCUT2D eigenvalue weighted by atomic mass is 127. The summed E-state index contributed by atoms with van der Waals surface area (Å²) < 4.78 is 16.7. The Kier molecular flexibility index (Phi) is 13.6. The van der Waals surface area contributed by atoms with Crippen molar-refractivity contribution in [2.24, 2.45) is 4.99 Å². The second kappa shape index (κ2) is 15.1. The molecule has 2 rings (SSSR count). The molecule has 0 saturated carbocycles. The third-order valence-corrected chi connectivity index (χ3v) is 4.68. The lowest BCUT2D eigenvalue weighted by atomic mass is 10.1. The largest absolute Gasteiger partial charge is 0.490 e. The van der Waals surface area contributed by atoms with E-state index in [9.17, 15) is 0 Å². The molecule has 1 aliphatic heterocycles. The molecule has 0 aliphatic carbocycles. The molecule has 160 valence electrons. The van der Waals surface area contributed by atoms with Crippen molar-refractivity contribution < 1.29 is 14.2 Å². The summed E-state index contributed by atoms with van der Waals surface area (Å²) in [5.74, 6) is 1.64. The Labute approximate surface area is 191 Å². The summed E-state index contributed by atoms with van der Waals surface area (Å²) in [6.45, 7) is 7.44. The lowest BCUT2D eigenvalue weighted by Crippen LogP contribution is -2.47. The molecule has 8 heteroatoms. The van der Waals surface area contributed by atoms with Gasteiger partial charge in [-0.1, -0.05) is 23.7 Å². The van der Waals surface area contributed by atoms with E-state index in [2.05, 4.69) is 17.1 Å². The molecule has 0 aromatic heterocycles. The van der Waals surface area contributed by atoms with Crippen molar-refractivity contribution in [3.05, 3.63) is 29.3 Å². The molecule has 28 heavy (non-hydrogen) atoms. The summed E-state index contributed by atoms with van der Waals surface area (Å²) in [6, 6.07) is 7.50. The average Bonchev–Trinajstić information content (AvgIpc) is 2.69. The lowest BCUT2D eigenvalue weighted by Gasteiger charge is -2.34. The molecule has 6 nitrogen and oxygen atoms in total. The Morgan fingerprint density at radius 3 is 2.64 bits per heavy atom. The van der Waals surface area contributed by atoms with Crippen LogP contribution in [0, 0.1) is 0 Å². The highest BCUT2D eigenvalue weighted by Crippen LogP contribution is 2.22. The van der Waals surface area contributed by atoms with Crippen molar-refractivity contribution in [1.82, 2.24) is 10.2 Å². The molecule has 0 atom stereocenters. The van der Waals surface area contributed by atoms with Crippen molar-refractivity contribution in [2.45, 2.75) is 32.3 Å². The first kappa shape index (κ1) is 25.3. The van der Waals surface area contributed by atoms with E-state index in [1.165, 1.54) is 0 Å². The number of likely N-dealkylation sites (tertiary alicyclic amines) is 1. The number of piperidine rings is 1. The molecule has 0 amide bonds. The highest BCUT2D eigenvalue weighted by molar-refractivity contribution is 14.0. The van der Waals surface area contributed by atoms with E-state index in [1.807, 2.05) is 24.3 Å². The van der Waals surface area contributed by atoms with Crippen LogP contribution in [0.4, 0.5) is 0 Å². The standard InChI is InChI=1S/C20H32ClN3O3.HI/c1-3-22-20(23-11-16-27-19-8-5-4-7-18(19)21)24-12-9-17(10-13-24)26-15-6-14-25-2;/h4-5,7-8,17H,3,6,9-16H2,1-2H3,(H,22,23);1H. The van der Waals surface area contributed by atoms with Gasteiger partial charge in [0.1, 0.15) is 12.4 Å². The van der Waals surface area contributed by atoms with Gasteiger partial charge in [0.05, 0.1) is 17.7 Å². The van der Waals surface area contributed by atoms with Crippen LogP contribution in [0.2, 0.25) is 5.02 Å². The second-order valence-corrected chi connectivity index (χ2v) is 6.83. The maximum absolute atomic E-state index is 6.10. The van der Waals surface area contributed by atoms with Crippen molar-refractivity contribution in [3.8, 4) is 5.75 Å². The van der Waals surface area contributed by atoms with Gasteiger partial charge in [0.25, 0.3) is 0 Å². The minimum atomic E-state index is 0. The lowest BCUT2D eigenvalue weighted by molar-refractivity contribution is 0.00990. The third-order valence-electron chi connectivity index (χ3n) is 4.37. The maximum Gasteiger partial charge on any atom is 0.194 e. The van der Waals surface area contributed by atoms with Crippen molar-refractivity contribution >= 4 is 41.5 Å². The number of rotatable bonds is 10. The predicted octanol–water partition coefficient (Wildman–Crippen LogP) is 3.82. The first-order valence-electron chi connectivity index (χ1n) is 9.75. The molecule has 1 heterocycles. The summed E-state index contributed by atoms with van der Waals surface area (Å²) in [5.41, 5.74) is 0. The van der Waals surface area contributed by atoms with Crippen molar-refractivity contribution in [3.63, 3.8) is 0 Å². The average molecular weight is 526 g/mol. The summed E-state index contributed by atoms with van der Waals surface area (Å²) in [4.78, 5) is 7.00. The third kappa shape index (κ3) is 9.15. The molecular weight excluding hydrogens is 493 g/mol. The number of hydrogen-bond acceptors (Lipinski definition) is 4. The molecule has 1 fully saturated rings. The number of halogens is 2. The van der Waals surface area contributed by atoms with E-state index in [4.69, 9.17) is 30.8 Å². The minimum Gasteiger partial charge on any atom is -0.490 e. The molecule has 1 saturated heterocycles. The zero-order chi connectivity index (χ0) is 19.3. The second-order valence-electron chi connectivity index (χ2n) is 6.42. The summed E-state index contributed by atoms with van der Waals surface area (Å²) >= 11 is 6.10. The molecular formula is C20H33ClIN3O3. The van der Waals surface area contributed by atoms with Crippen LogP contribution in [0.5, 0.6) is 5.75 Å². The van der Waals surface area contributed by atoms with E-state index < -0.39 is 0 Å². The van der Waals surface area contributed by atoms with E-state index in [0.717, 1.165) is 58.1 Å². The SMILES string of the molecule is CCNC(=NCCOc1ccccc1Cl)N1CCC(OCCCOC)CC1.I. The summed E-state index contributed by atoms with van der Waals surface area (Å²) in [7, 11) is 1.72. The minimum absolute atomic E-state index is 0. The number of hydrogen-bond donors (Lipinski definition) is 1. The van der Waals surface area contributed by atoms with E-state index in [-0.39, 0.29) is 24.0 Å². The van der Waals surface area contributed by atoms with E-state index in [0.29, 0.717) is 30.0 Å². The fourth-order valence-corrected chi connectivity index (χ4v) is 3.17. The quantitative estimate of drug-likeness (QED) is 0.218. The highest BCUT2D eigenvalue weighted by Gasteiger charge is 2.21. The van der Waals surface area contributed by atoms with Crippen LogP contribution < -0.4 is 10.1 Å². The van der Waals surface area contributed by atoms with Crippen molar-refractivity contribution in [2.75, 3.05) is 53.1 Å². The van der Waals surface area contributed by atoms with Gasteiger partial charge < -0.3 is 24.4 Å². The van der Waals surface area contributed by atoms with Crippen molar-refractivity contribution in [1.29, 1.82) is 0 Å². The fraction of sp³-hybridized carbons (Fsp3) is 0.650. The molecule has 0 unspecified atom stereocenters. The topological polar surface area (TPSA) is 55.3 Å². The van der Waals surface area contributed by atoms with Gasteiger partial charge >= 0.3 is 0 Å². The molecule has 0 bridgehead atoms. The van der Waals surface area contributed by atoms with Gasteiger partial charge in [-0.2, -0.15) is 0 Å².